The van der Waals surface area contributed by atoms with Crippen molar-refractivity contribution in [2.24, 2.45) is 0 Å². The van der Waals surface area contributed by atoms with E-state index in [4.69, 9.17) is 0 Å². The van der Waals surface area contributed by atoms with Crippen molar-refractivity contribution >= 4 is 5.57 Å². The zero-order valence-corrected chi connectivity index (χ0v) is 8.40. The molecule has 2 rings (SSSR count). The third kappa shape index (κ3) is 2.02. The SMILES string of the molecule is CC1=CC=C(c2ccccc2)CC=C1. The summed E-state index contributed by atoms with van der Waals surface area (Å²) in [6.07, 6.45) is 9.80. The van der Waals surface area contributed by atoms with Gasteiger partial charge in [-0.2, -0.15) is 0 Å². The van der Waals surface area contributed by atoms with Gasteiger partial charge >= 0.3 is 0 Å². The largest absolute Gasteiger partial charge is 0.0798 e. The highest BCUT2D eigenvalue weighted by molar-refractivity contribution is 5.69. The van der Waals surface area contributed by atoms with Crippen molar-refractivity contribution in [3.63, 3.8) is 0 Å². The molecule has 1 aliphatic carbocycles. The Labute approximate surface area is 85.3 Å². The Morgan fingerprint density at radius 3 is 2.57 bits per heavy atom. The van der Waals surface area contributed by atoms with Crippen molar-refractivity contribution in [2.45, 2.75) is 13.3 Å². The predicted octanol–water partition coefficient (Wildman–Crippen LogP) is 3.98. The first-order chi connectivity index (χ1) is 6.86. The second-order valence-electron chi connectivity index (χ2n) is 3.58. The summed E-state index contributed by atoms with van der Waals surface area (Å²) in [5, 5.41) is 0. The lowest BCUT2D eigenvalue weighted by Gasteiger charge is -2.02. The number of benzene rings is 1. The Balaban J connectivity index is 2.33. The van der Waals surface area contributed by atoms with E-state index in [1.54, 1.807) is 0 Å². The molecule has 0 spiro atoms. The summed E-state index contributed by atoms with van der Waals surface area (Å²) >= 11 is 0. The highest BCUT2D eigenvalue weighted by atomic mass is 14.0. The zero-order valence-electron chi connectivity index (χ0n) is 8.40. The average molecular weight is 182 g/mol. The molecule has 0 bridgehead atoms. The first-order valence-corrected chi connectivity index (χ1v) is 4.96. The van der Waals surface area contributed by atoms with E-state index in [0.29, 0.717) is 0 Å². The molecule has 1 aromatic rings. The molecule has 0 saturated carbocycles. The molecule has 1 aliphatic rings. The lowest BCUT2D eigenvalue weighted by atomic mass is 10.0. The van der Waals surface area contributed by atoms with Crippen molar-refractivity contribution in [3.05, 3.63) is 65.8 Å². The van der Waals surface area contributed by atoms with Crippen LogP contribution < -0.4 is 0 Å². The summed E-state index contributed by atoms with van der Waals surface area (Å²) in [7, 11) is 0. The first-order valence-electron chi connectivity index (χ1n) is 4.96. The summed E-state index contributed by atoms with van der Waals surface area (Å²) in [6.45, 7) is 2.13. The van der Waals surface area contributed by atoms with Crippen LogP contribution in [-0.2, 0) is 0 Å². The second-order valence-corrected chi connectivity index (χ2v) is 3.58. The lowest BCUT2D eigenvalue weighted by Crippen LogP contribution is -1.80. The molecule has 0 N–H and O–H groups in total. The summed E-state index contributed by atoms with van der Waals surface area (Å²) < 4.78 is 0. The summed E-state index contributed by atoms with van der Waals surface area (Å²) in [6, 6.07) is 10.5. The van der Waals surface area contributed by atoms with Crippen LogP contribution in [0.3, 0.4) is 0 Å². The third-order valence-corrected chi connectivity index (χ3v) is 2.41. The van der Waals surface area contributed by atoms with Gasteiger partial charge in [-0.05, 0) is 24.5 Å². The van der Waals surface area contributed by atoms with Crippen LogP contribution in [0.5, 0.6) is 0 Å². The molecule has 0 heterocycles. The fourth-order valence-corrected chi connectivity index (χ4v) is 1.59. The molecule has 0 unspecified atom stereocenters. The van der Waals surface area contributed by atoms with E-state index in [2.05, 4.69) is 61.6 Å². The molecule has 0 fully saturated rings. The van der Waals surface area contributed by atoms with Crippen molar-refractivity contribution < 1.29 is 0 Å². The molecule has 14 heavy (non-hydrogen) atoms. The minimum atomic E-state index is 1.03. The van der Waals surface area contributed by atoms with Gasteiger partial charge in [0.25, 0.3) is 0 Å². The normalized spacial score (nSPS) is 15.8. The Morgan fingerprint density at radius 1 is 1.00 bits per heavy atom. The fraction of sp³-hybridized carbons (Fsp3) is 0.143. The topological polar surface area (TPSA) is 0 Å². The van der Waals surface area contributed by atoms with Gasteiger partial charge in [0.15, 0.2) is 0 Å². The predicted molar refractivity (Wildman–Crippen MR) is 61.9 cm³/mol. The minimum Gasteiger partial charge on any atom is -0.0798 e. The Bertz CT molecular complexity index is 391. The van der Waals surface area contributed by atoms with Crippen molar-refractivity contribution in [3.8, 4) is 0 Å². The van der Waals surface area contributed by atoms with Gasteiger partial charge in [0.1, 0.15) is 0 Å². The van der Waals surface area contributed by atoms with Crippen LogP contribution in [0.15, 0.2) is 60.2 Å². The first kappa shape index (κ1) is 9.01. The molecule has 0 heteroatoms. The Hall–Kier alpha value is -1.56. The molecule has 1 aromatic carbocycles. The molecule has 0 aliphatic heterocycles. The van der Waals surface area contributed by atoms with Crippen molar-refractivity contribution in [1.82, 2.24) is 0 Å². The fourth-order valence-electron chi connectivity index (χ4n) is 1.59. The molecular weight excluding hydrogens is 168 g/mol. The number of allylic oxidation sites excluding steroid dienone is 6. The van der Waals surface area contributed by atoms with Gasteiger partial charge in [-0.25, -0.2) is 0 Å². The van der Waals surface area contributed by atoms with Gasteiger partial charge in [0.2, 0.25) is 0 Å². The highest BCUT2D eigenvalue weighted by Crippen LogP contribution is 2.21. The highest BCUT2D eigenvalue weighted by Gasteiger charge is 1.99. The summed E-state index contributed by atoms with van der Waals surface area (Å²) in [5.74, 6) is 0. The smallest absolute Gasteiger partial charge is 0.00883 e. The maximum atomic E-state index is 2.22. The van der Waals surface area contributed by atoms with Gasteiger partial charge < -0.3 is 0 Å². The lowest BCUT2D eigenvalue weighted by molar-refractivity contribution is 1.39. The van der Waals surface area contributed by atoms with Crippen LogP contribution in [0.25, 0.3) is 5.57 Å². The van der Waals surface area contributed by atoms with Gasteiger partial charge in [-0.1, -0.05) is 60.2 Å². The van der Waals surface area contributed by atoms with Crippen LogP contribution in [0, 0.1) is 0 Å². The Kier molecular flexibility index (Phi) is 2.64. The van der Waals surface area contributed by atoms with E-state index in [-0.39, 0.29) is 0 Å². The van der Waals surface area contributed by atoms with E-state index >= 15 is 0 Å². The van der Waals surface area contributed by atoms with Gasteiger partial charge in [0, 0.05) is 0 Å². The summed E-state index contributed by atoms with van der Waals surface area (Å²) in [5.41, 5.74) is 4.03. The second kappa shape index (κ2) is 4.10. The number of hydrogen-bond donors (Lipinski definition) is 0. The van der Waals surface area contributed by atoms with E-state index < -0.39 is 0 Å². The quantitative estimate of drug-likeness (QED) is 0.616. The van der Waals surface area contributed by atoms with Crippen LogP contribution in [0.2, 0.25) is 0 Å². The van der Waals surface area contributed by atoms with Crippen LogP contribution in [0.4, 0.5) is 0 Å². The Morgan fingerprint density at radius 2 is 1.79 bits per heavy atom. The van der Waals surface area contributed by atoms with Crippen LogP contribution in [-0.4, -0.2) is 0 Å². The maximum absolute atomic E-state index is 2.22. The van der Waals surface area contributed by atoms with Gasteiger partial charge in [0.05, 0.1) is 0 Å². The van der Waals surface area contributed by atoms with Crippen molar-refractivity contribution in [2.75, 3.05) is 0 Å². The van der Waals surface area contributed by atoms with E-state index in [1.165, 1.54) is 16.7 Å². The molecule has 70 valence electrons. The number of rotatable bonds is 1. The zero-order chi connectivity index (χ0) is 9.80. The van der Waals surface area contributed by atoms with Crippen LogP contribution in [0.1, 0.15) is 18.9 Å². The molecule has 0 radical (unpaired) electrons. The standard InChI is InChI=1S/C14H14/c1-12-6-5-9-14(11-10-12)13-7-3-2-4-8-13/h2-8,10-11H,9H2,1H3. The van der Waals surface area contributed by atoms with E-state index in [0.717, 1.165) is 6.42 Å². The van der Waals surface area contributed by atoms with Gasteiger partial charge in [-0.3, -0.25) is 0 Å². The molecule has 0 saturated heterocycles. The van der Waals surface area contributed by atoms with Crippen LogP contribution >= 0.6 is 0 Å². The molecule has 0 nitrogen and oxygen atoms in total. The third-order valence-electron chi connectivity index (χ3n) is 2.41. The summed E-state index contributed by atoms with van der Waals surface area (Å²) in [4.78, 5) is 0. The molecule has 0 atom stereocenters. The average Bonchev–Trinajstić information content (AvgIpc) is 2.44. The molecular formula is C14H14. The maximum Gasteiger partial charge on any atom is -0.00883 e. The van der Waals surface area contributed by atoms with E-state index in [9.17, 15) is 0 Å². The minimum absolute atomic E-state index is 1.03. The number of hydrogen-bond acceptors (Lipinski definition) is 0. The molecule has 0 aromatic heterocycles. The monoisotopic (exact) mass is 182 g/mol. The van der Waals surface area contributed by atoms with Crippen molar-refractivity contribution in [1.29, 1.82) is 0 Å². The van der Waals surface area contributed by atoms with E-state index in [1.807, 2.05) is 0 Å². The molecule has 0 amide bonds. The van der Waals surface area contributed by atoms with Gasteiger partial charge in [-0.15, -0.1) is 0 Å².